The highest BCUT2D eigenvalue weighted by Crippen LogP contribution is 2.39. The van der Waals surface area contributed by atoms with E-state index in [1.165, 1.54) is 7.11 Å². The Morgan fingerprint density at radius 1 is 1.31 bits per heavy atom. The van der Waals surface area contributed by atoms with Crippen LogP contribution in [0.1, 0.15) is 30.0 Å². The highest BCUT2D eigenvalue weighted by Gasteiger charge is 2.45. The average molecular weight is 393 g/mol. The zero-order chi connectivity index (χ0) is 20.5. The van der Waals surface area contributed by atoms with Gasteiger partial charge in [0, 0.05) is 22.6 Å². The number of nitrogen functional groups attached to an aromatic ring is 1. The number of carbonyl (C=O) groups excluding carboxylic acids is 1. The first-order chi connectivity index (χ1) is 13.9. The molecule has 0 saturated carbocycles. The monoisotopic (exact) mass is 393 g/mol. The summed E-state index contributed by atoms with van der Waals surface area (Å²) < 4.78 is 12.0. The first-order valence-electron chi connectivity index (χ1n) is 9.31. The van der Waals surface area contributed by atoms with Crippen molar-refractivity contribution in [2.45, 2.75) is 32.1 Å². The van der Waals surface area contributed by atoms with E-state index in [0.29, 0.717) is 46.0 Å². The molecule has 8 nitrogen and oxygen atoms in total. The molecule has 0 saturated heterocycles. The SMILES string of the molecule is CC[C@@]1(O)C(=O)OCc2c1cc1n(c2=O)Cc2cc3cc(N)c(OC)cc3nc2-1. The van der Waals surface area contributed by atoms with Gasteiger partial charge < -0.3 is 24.9 Å². The Hall–Kier alpha value is -3.39. The molecule has 8 heteroatoms. The smallest absolute Gasteiger partial charge is 0.343 e. The highest BCUT2D eigenvalue weighted by molar-refractivity contribution is 5.89. The number of esters is 1. The van der Waals surface area contributed by atoms with E-state index in [4.69, 9.17) is 20.2 Å². The van der Waals surface area contributed by atoms with Crippen LogP contribution in [0.5, 0.6) is 5.75 Å². The molecular weight excluding hydrogens is 374 g/mol. The van der Waals surface area contributed by atoms with E-state index in [1.54, 1.807) is 29.7 Å². The topological polar surface area (TPSA) is 117 Å². The Balaban J connectivity index is 1.78. The molecule has 148 valence electrons. The number of aromatic nitrogens is 2. The Morgan fingerprint density at radius 2 is 2.10 bits per heavy atom. The number of carbonyl (C=O) groups is 1. The largest absolute Gasteiger partial charge is 0.495 e. The van der Waals surface area contributed by atoms with Gasteiger partial charge in [-0.05, 0) is 24.6 Å². The van der Waals surface area contributed by atoms with Crippen molar-refractivity contribution in [1.29, 1.82) is 0 Å². The molecule has 4 heterocycles. The van der Waals surface area contributed by atoms with Crippen molar-refractivity contribution >= 4 is 22.6 Å². The van der Waals surface area contributed by atoms with Crippen LogP contribution >= 0.6 is 0 Å². The van der Waals surface area contributed by atoms with Gasteiger partial charge in [0.15, 0.2) is 5.60 Å². The minimum Gasteiger partial charge on any atom is -0.495 e. The fourth-order valence-corrected chi connectivity index (χ4v) is 4.21. The maximum absolute atomic E-state index is 13.1. The Bertz CT molecular complexity index is 1280. The molecule has 1 atom stereocenters. The lowest BCUT2D eigenvalue weighted by atomic mass is 9.86. The number of nitrogens with zero attached hydrogens (tertiary/aromatic N) is 2. The third kappa shape index (κ3) is 2.26. The number of anilines is 1. The molecule has 1 aromatic carbocycles. The molecule has 0 spiro atoms. The van der Waals surface area contributed by atoms with Crippen molar-refractivity contribution in [2.24, 2.45) is 0 Å². The van der Waals surface area contributed by atoms with Gasteiger partial charge in [0.05, 0.1) is 41.8 Å². The fourth-order valence-electron chi connectivity index (χ4n) is 4.21. The van der Waals surface area contributed by atoms with Gasteiger partial charge >= 0.3 is 5.97 Å². The minimum absolute atomic E-state index is 0.107. The number of rotatable bonds is 2. The van der Waals surface area contributed by atoms with Gasteiger partial charge in [0.25, 0.3) is 5.56 Å². The van der Waals surface area contributed by atoms with Gasteiger partial charge in [0.2, 0.25) is 0 Å². The summed E-state index contributed by atoms with van der Waals surface area (Å²) in [5, 5.41) is 11.7. The van der Waals surface area contributed by atoms with E-state index in [9.17, 15) is 14.7 Å². The average Bonchev–Trinajstić information content (AvgIpc) is 3.07. The summed E-state index contributed by atoms with van der Waals surface area (Å²) in [6.45, 7) is 1.89. The molecule has 0 bridgehead atoms. The second-order valence-corrected chi connectivity index (χ2v) is 7.39. The molecule has 0 radical (unpaired) electrons. The lowest BCUT2D eigenvalue weighted by molar-refractivity contribution is -0.172. The van der Waals surface area contributed by atoms with Gasteiger partial charge in [-0.1, -0.05) is 6.92 Å². The predicted molar refractivity (Wildman–Crippen MR) is 105 cm³/mol. The van der Waals surface area contributed by atoms with Crippen molar-refractivity contribution in [3.63, 3.8) is 0 Å². The van der Waals surface area contributed by atoms with E-state index < -0.39 is 11.6 Å². The number of hydrogen-bond donors (Lipinski definition) is 2. The molecular formula is C21H19N3O5. The minimum atomic E-state index is -1.83. The van der Waals surface area contributed by atoms with Crippen molar-refractivity contribution in [1.82, 2.24) is 9.55 Å². The molecule has 3 aromatic rings. The summed E-state index contributed by atoms with van der Waals surface area (Å²) in [4.78, 5) is 30.1. The number of ether oxygens (including phenoxy) is 2. The van der Waals surface area contributed by atoms with E-state index >= 15 is 0 Å². The summed E-state index contributed by atoms with van der Waals surface area (Å²) in [6.07, 6.45) is 0.107. The summed E-state index contributed by atoms with van der Waals surface area (Å²) in [6, 6.07) is 7.19. The van der Waals surface area contributed by atoms with E-state index in [1.807, 2.05) is 6.07 Å². The molecule has 0 amide bonds. The summed E-state index contributed by atoms with van der Waals surface area (Å²) >= 11 is 0. The van der Waals surface area contributed by atoms with Gasteiger partial charge in [-0.3, -0.25) is 4.79 Å². The van der Waals surface area contributed by atoms with Crippen LogP contribution < -0.4 is 16.0 Å². The summed E-state index contributed by atoms with van der Waals surface area (Å²) in [5.41, 5.74) is 7.77. The Labute approximate surface area is 165 Å². The maximum Gasteiger partial charge on any atom is 0.343 e. The van der Waals surface area contributed by atoms with Crippen LogP contribution in [0.25, 0.3) is 22.3 Å². The van der Waals surface area contributed by atoms with Crippen molar-refractivity contribution in [2.75, 3.05) is 12.8 Å². The van der Waals surface area contributed by atoms with Crippen LogP contribution in [0.3, 0.4) is 0 Å². The zero-order valence-corrected chi connectivity index (χ0v) is 16.0. The quantitative estimate of drug-likeness (QED) is 0.393. The molecule has 0 unspecified atom stereocenters. The molecule has 0 fully saturated rings. The van der Waals surface area contributed by atoms with Gasteiger partial charge in [0.1, 0.15) is 12.4 Å². The lowest BCUT2D eigenvalue weighted by Gasteiger charge is -2.31. The fraction of sp³-hybridized carbons (Fsp3) is 0.286. The van der Waals surface area contributed by atoms with Gasteiger partial charge in [-0.15, -0.1) is 0 Å². The Kier molecular flexibility index (Phi) is 3.54. The Morgan fingerprint density at radius 3 is 2.83 bits per heavy atom. The molecule has 2 aromatic heterocycles. The number of cyclic esters (lactones) is 1. The van der Waals surface area contributed by atoms with E-state index in [2.05, 4.69) is 0 Å². The van der Waals surface area contributed by atoms with E-state index in [-0.39, 0.29) is 18.6 Å². The molecule has 2 aliphatic rings. The molecule has 5 rings (SSSR count). The van der Waals surface area contributed by atoms with E-state index in [0.717, 1.165) is 10.9 Å². The van der Waals surface area contributed by atoms with Crippen LogP contribution in [-0.2, 0) is 28.3 Å². The number of aliphatic hydroxyl groups is 1. The second-order valence-electron chi connectivity index (χ2n) is 7.39. The van der Waals surface area contributed by atoms with Crippen LogP contribution in [0.4, 0.5) is 5.69 Å². The third-order valence-corrected chi connectivity index (χ3v) is 5.86. The normalized spacial score (nSPS) is 19.5. The van der Waals surface area contributed by atoms with Crippen molar-refractivity contribution < 1.29 is 19.4 Å². The predicted octanol–water partition coefficient (Wildman–Crippen LogP) is 1.67. The maximum atomic E-state index is 13.1. The number of benzene rings is 1. The van der Waals surface area contributed by atoms with Crippen molar-refractivity contribution in [3.8, 4) is 17.1 Å². The second kappa shape index (κ2) is 5.81. The number of pyridine rings is 2. The third-order valence-electron chi connectivity index (χ3n) is 5.86. The zero-order valence-electron chi connectivity index (χ0n) is 16.0. The first-order valence-corrected chi connectivity index (χ1v) is 9.31. The highest BCUT2D eigenvalue weighted by atomic mass is 16.6. The van der Waals surface area contributed by atoms with Crippen LogP contribution in [-0.4, -0.2) is 27.7 Å². The molecule has 2 aliphatic heterocycles. The van der Waals surface area contributed by atoms with Gasteiger partial charge in [-0.25, -0.2) is 9.78 Å². The molecule has 29 heavy (non-hydrogen) atoms. The first kappa shape index (κ1) is 17.7. The van der Waals surface area contributed by atoms with Crippen LogP contribution in [0.15, 0.2) is 29.1 Å². The molecule has 3 N–H and O–H groups in total. The number of hydrogen-bond acceptors (Lipinski definition) is 7. The summed E-state index contributed by atoms with van der Waals surface area (Å²) in [7, 11) is 1.54. The standard InChI is InChI=1S/C21H19N3O5/c1-3-21(27)13-6-16-18-11(8-24(16)19(25)12(13)9-29-20(21)26)4-10-5-14(22)17(28-2)7-15(10)23-18/h4-7,27H,3,8-9,22H2,1-2H3/t21-/m0/s1. The number of nitrogens with two attached hydrogens (primary N) is 1. The lowest BCUT2D eigenvalue weighted by Crippen LogP contribution is -2.44. The van der Waals surface area contributed by atoms with Crippen molar-refractivity contribution in [3.05, 3.63) is 51.3 Å². The number of fused-ring (bicyclic) bond motifs is 5. The number of methoxy groups -OCH3 is 1. The van der Waals surface area contributed by atoms with Crippen LogP contribution in [0, 0.1) is 0 Å². The molecule has 0 aliphatic carbocycles. The van der Waals surface area contributed by atoms with Gasteiger partial charge in [-0.2, -0.15) is 0 Å². The summed E-state index contributed by atoms with van der Waals surface area (Å²) in [5.74, 6) is -0.212. The van der Waals surface area contributed by atoms with Crippen LogP contribution in [0.2, 0.25) is 0 Å².